The molecule has 1 heterocycles. The molecule has 5 heteroatoms. The van der Waals surface area contributed by atoms with E-state index in [1.807, 2.05) is 19.1 Å². The third-order valence-corrected chi connectivity index (χ3v) is 4.02. The van der Waals surface area contributed by atoms with Crippen molar-refractivity contribution in [1.29, 1.82) is 0 Å². The van der Waals surface area contributed by atoms with E-state index in [9.17, 15) is 14.7 Å². The number of ketones is 1. The number of rotatable bonds is 6. The number of carboxylic acid groups (broad SMARTS) is 1. The van der Waals surface area contributed by atoms with E-state index >= 15 is 0 Å². The van der Waals surface area contributed by atoms with E-state index in [4.69, 9.17) is 4.74 Å². The largest absolute Gasteiger partial charge is 0.494 e. The van der Waals surface area contributed by atoms with Gasteiger partial charge in [-0.25, -0.2) is 0 Å². The van der Waals surface area contributed by atoms with Crippen LogP contribution >= 0.6 is 0 Å². The number of carbonyl (C=O) groups is 2. The number of hydrogen-bond acceptors (Lipinski definition) is 4. The predicted octanol–water partition coefficient (Wildman–Crippen LogP) is 2.58. The first kappa shape index (κ1) is 16.5. The van der Waals surface area contributed by atoms with Crippen LogP contribution in [0.15, 0.2) is 18.2 Å². The molecular weight excluding hydrogens is 282 g/mol. The molecule has 0 spiro atoms. The van der Waals surface area contributed by atoms with Crippen molar-refractivity contribution < 1.29 is 19.4 Å². The first-order chi connectivity index (χ1) is 10.5. The Hall–Kier alpha value is -1.88. The molecule has 1 atom stereocenters. The van der Waals surface area contributed by atoms with Crippen LogP contribution in [0.4, 0.5) is 0 Å². The summed E-state index contributed by atoms with van der Waals surface area (Å²) in [5, 5.41) is 9.18. The van der Waals surface area contributed by atoms with E-state index in [0.29, 0.717) is 25.3 Å². The molecule has 0 saturated carbocycles. The standard InChI is InChI=1S/C17H23NO4/c1-3-22-16-7-6-13(12(2)19)9-15(16)11-18-8-4-5-14(10-18)17(20)21/h6-7,9,14H,3-5,8,10-11H2,1-2H3,(H,20,21). The van der Waals surface area contributed by atoms with Gasteiger partial charge in [-0.05, 0) is 51.4 Å². The number of ether oxygens (including phenoxy) is 1. The molecule has 0 amide bonds. The van der Waals surface area contributed by atoms with Crippen LogP contribution in [-0.2, 0) is 11.3 Å². The predicted molar refractivity (Wildman–Crippen MR) is 83.3 cm³/mol. The van der Waals surface area contributed by atoms with Crippen LogP contribution in [0.3, 0.4) is 0 Å². The van der Waals surface area contributed by atoms with Gasteiger partial charge in [-0.15, -0.1) is 0 Å². The van der Waals surface area contributed by atoms with Crippen molar-refractivity contribution in [3.63, 3.8) is 0 Å². The Labute approximate surface area is 130 Å². The van der Waals surface area contributed by atoms with Gasteiger partial charge < -0.3 is 9.84 Å². The summed E-state index contributed by atoms with van der Waals surface area (Å²) in [7, 11) is 0. The van der Waals surface area contributed by atoms with Gasteiger partial charge in [0, 0.05) is 24.2 Å². The van der Waals surface area contributed by atoms with Crippen molar-refractivity contribution >= 4 is 11.8 Å². The van der Waals surface area contributed by atoms with Crippen LogP contribution in [0.1, 0.15) is 42.6 Å². The Kier molecular flexibility index (Phi) is 5.55. The van der Waals surface area contributed by atoms with Gasteiger partial charge in [0.15, 0.2) is 5.78 Å². The molecular formula is C17H23NO4. The SMILES string of the molecule is CCOc1ccc(C(C)=O)cc1CN1CCCC(C(=O)O)C1. The molecule has 120 valence electrons. The van der Waals surface area contributed by atoms with Gasteiger partial charge >= 0.3 is 5.97 Å². The van der Waals surface area contributed by atoms with Crippen LogP contribution in [0.5, 0.6) is 5.75 Å². The van der Waals surface area contributed by atoms with Gasteiger partial charge in [-0.2, -0.15) is 0 Å². The third kappa shape index (κ3) is 4.07. The van der Waals surface area contributed by atoms with E-state index in [0.717, 1.165) is 30.7 Å². The fourth-order valence-electron chi connectivity index (χ4n) is 2.86. The average Bonchev–Trinajstić information content (AvgIpc) is 2.49. The third-order valence-electron chi connectivity index (χ3n) is 4.02. The Bertz CT molecular complexity index is 556. The second kappa shape index (κ2) is 7.40. The maximum atomic E-state index is 11.6. The Morgan fingerprint density at radius 2 is 2.18 bits per heavy atom. The van der Waals surface area contributed by atoms with Crippen molar-refractivity contribution in [3.8, 4) is 5.75 Å². The van der Waals surface area contributed by atoms with E-state index in [-0.39, 0.29) is 11.7 Å². The highest BCUT2D eigenvalue weighted by atomic mass is 16.5. The van der Waals surface area contributed by atoms with Gasteiger partial charge in [-0.1, -0.05) is 0 Å². The number of carboxylic acids is 1. The lowest BCUT2D eigenvalue weighted by Gasteiger charge is -2.31. The van der Waals surface area contributed by atoms with Crippen molar-refractivity contribution in [2.24, 2.45) is 5.92 Å². The number of Topliss-reactive ketones (excluding diaryl/α,β-unsaturated/α-hetero) is 1. The summed E-state index contributed by atoms with van der Waals surface area (Å²) in [5.41, 5.74) is 1.60. The molecule has 1 N–H and O–H groups in total. The lowest BCUT2D eigenvalue weighted by molar-refractivity contribution is -0.143. The van der Waals surface area contributed by atoms with Crippen molar-refractivity contribution in [2.45, 2.75) is 33.2 Å². The van der Waals surface area contributed by atoms with Crippen molar-refractivity contribution in [3.05, 3.63) is 29.3 Å². The van der Waals surface area contributed by atoms with Gasteiger partial charge in [0.05, 0.1) is 12.5 Å². The minimum Gasteiger partial charge on any atom is -0.494 e. The first-order valence-corrected chi connectivity index (χ1v) is 7.73. The second-order valence-corrected chi connectivity index (χ2v) is 5.72. The van der Waals surface area contributed by atoms with Crippen LogP contribution in [0, 0.1) is 5.92 Å². The molecule has 1 unspecified atom stereocenters. The Morgan fingerprint density at radius 3 is 2.82 bits per heavy atom. The van der Waals surface area contributed by atoms with Crippen LogP contribution in [0.25, 0.3) is 0 Å². The highest BCUT2D eigenvalue weighted by molar-refractivity contribution is 5.94. The topological polar surface area (TPSA) is 66.8 Å². The normalized spacial score (nSPS) is 18.9. The fourth-order valence-corrected chi connectivity index (χ4v) is 2.86. The maximum absolute atomic E-state index is 11.6. The summed E-state index contributed by atoms with van der Waals surface area (Å²) in [6.45, 7) is 6.06. The molecule has 1 aliphatic rings. The van der Waals surface area contributed by atoms with Gasteiger partial charge in [0.2, 0.25) is 0 Å². The minimum atomic E-state index is -0.729. The first-order valence-electron chi connectivity index (χ1n) is 7.73. The molecule has 0 aliphatic carbocycles. The van der Waals surface area contributed by atoms with E-state index in [1.165, 1.54) is 0 Å². The number of benzene rings is 1. The zero-order valence-corrected chi connectivity index (χ0v) is 13.2. The molecule has 1 aromatic carbocycles. The smallest absolute Gasteiger partial charge is 0.307 e. The molecule has 1 aromatic rings. The summed E-state index contributed by atoms with van der Waals surface area (Å²) in [4.78, 5) is 24.9. The Balaban J connectivity index is 2.17. The van der Waals surface area contributed by atoms with Crippen molar-refractivity contribution in [2.75, 3.05) is 19.7 Å². The number of hydrogen-bond donors (Lipinski definition) is 1. The van der Waals surface area contributed by atoms with Crippen LogP contribution < -0.4 is 4.74 Å². The molecule has 5 nitrogen and oxygen atoms in total. The lowest BCUT2D eigenvalue weighted by Crippen LogP contribution is -2.38. The highest BCUT2D eigenvalue weighted by Crippen LogP contribution is 2.25. The second-order valence-electron chi connectivity index (χ2n) is 5.72. The summed E-state index contributed by atoms with van der Waals surface area (Å²) in [6.07, 6.45) is 1.62. The van der Waals surface area contributed by atoms with Gasteiger partial charge in [-0.3, -0.25) is 14.5 Å². The Morgan fingerprint density at radius 1 is 1.41 bits per heavy atom. The average molecular weight is 305 g/mol. The highest BCUT2D eigenvalue weighted by Gasteiger charge is 2.25. The van der Waals surface area contributed by atoms with Gasteiger partial charge in [0.1, 0.15) is 5.75 Å². The zero-order valence-electron chi connectivity index (χ0n) is 13.2. The molecule has 0 bridgehead atoms. The molecule has 1 saturated heterocycles. The molecule has 1 fully saturated rings. The number of aliphatic carboxylic acids is 1. The molecule has 22 heavy (non-hydrogen) atoms. The fraction of sp³-hybridized carbons (Fsp3) is 0.529. The minimum absolute atomic E-state index is 0.0198. The molecule has 0 radical (unpaired) electrons. The number of carbonyl (C=O) groups excluding carboxylic acids is 1. The number of nitrogens with zero attached hydrogens (tertiary/aromatic N) is 1. The summed E-state index contributed by atoms with van der Waals surface area (Å²) < 4.78 is 5.63. The quantitative estimate of drug-likeness (QED) is 0.818. The molecule has 2 rings (SSSR count). The zero-order chi connectivity index (χ0) is 16.1. The van der Waals surface area contributed by atoms with Gasteiger partial charge in [0.25, 0.3) is 0 Å². The maximum Gasteiger partial charge on any atom is 0.307 e. The lowest BCUT2D eigenvalue weighted by atomic mass is 9.97. The molecule has 1 aliphatic heterocycles. The number of piperidine rings is 1. The number of likely N-dealkylation sites (tertiary alicyclic amines) is 1. The van der Waals surface area contributed by atoms with Crippen LogP contribution in [-0.4, -0.2) is 41.5 Å². The van der Waals surface area contributed by atoms with E-state index in [2.05, 4.69) is 4.90 Å². The van der Waals surface area contributed by atoms with E-state index in [1.54, 1.807) is 13.0 Å². The summed E-state index contributed by atoms with van der Waals surface area (Å²) >= 11 is 0. The summed E-state index contributed by atoms with van der Waals surface area (Å²) in [6, 6.07) is 5.46. The monoisotopic (exact) mass is 305 g/mol. The van der Waals surface area contributed by atoms with Crippen LogP contribution in [0.2, 0.25) is 0 Å². The molecule has 0 aromatic heterocycles. The summed E-state index contributed by atoms with van der Waals surface area (Å²) in [5.74, 6) is -0.246. The van der Waals surface area contributed by atoms with E-state index < -0.39 is 5.97 Å². The van der Waals surface area contributed by atoms with Crippen molar-refractivity contribution in [1.82, 2.24) is 4.90 Å².